The van der Waals surface area contributed by atoms with Crippen LogP contribution >= 0.6 is 22.7 Å². The molecule has 2 aromatic heterocycles. The van der Waals surface area contributed by atoms with E-state index >= 15 is 0 Å². The molecule has 2 heterocycles. The van der Waals surface area contributed by atoms with Crippen LogP contribution in [0.2, 0.25) is 0 Å². The third-order valence-corrected chi connectivity index (χ3v) is 8.46. The van der Waals surface area contributed by atoms with Gasteiger partial charge in [-0.25, -0.2) is 4.79 Å². The lowest BCUT2D eigenvalue weighted by Gasteiger charge is -2.34. The van der Waals surface area contributed by atoms with Crippen LogP contribution in [0.5, 0.6) is 0 Å². The molecule has 7 nitrogen and oxygen atoms in total. The monoisotopic (exact) mass is 538 g/mol. The van der Waals surface area contributed by atoms with Crippen molar-refractivity contribution in [3.8, 4) is 0 Å². The Balaban J connectivity index is 1.36. The van der Waals surface area contributed by atoms with Crippen LogP contribution in [-0.4, -0.2) is 54.4 Å². The molecule has 0 aliphatic heterocycles. The van der Waals surface area contributed by atoms with E-state index in [1.807, 2.05) is 47.1 Å². The van der Waals surface area contributed by atoms with E-state index in [-0.39, 0.29) is 11.8 Å². The van der Waals surface area contributed by atoms with Gasteiger partial charge in [0.05, 0.1) is 9.75 Å². The Kier molecular flexibility index (Phi) is 8.91. The molecule has 4 rings (SSSR count). The summed E-state index contributed by atoms with van der Waals surface area (Å²) in [7, 11) is 1.88. The van der Waals surface area contributed by atoms with Gasteiger partial charge in [-0.2, -0.15) is 0 Å². The van der Waals surface area contributed by atoms with Gasteiger partial charge < -0.3 is 20.1 Å². The van der Waals surface area contributed by atoms with Crippen LogP contribution < -0.4 is 5.32 Å². The van der Waals surface area contributed by atoms with Gasteiger partial charge in [0, 0.05) is 31.3 Å². The first-order valence-electron chi connectivity index (χ1n) is 12.1. The molecule has 194 valence electrons. The predicted molar refractivity (Wildman–Crippen MR) is 145 cm³/mol. The minimum Gasteiger partial charge on any atom is -0.455 e. The van der Waals surface area contributed by atoms with Gasteiger partial charge in [-0.1, -0.05) is 30.7 Å². The number of aldehydes is 1. The van der Waals surface area contributed by atoms with Crippen molar-refractivity contribution in [2.75, 3.05) is 20.1 Å². The number of carbonyl (C=O) groups is 3. The first-order valence-corrected chi connectivity index (χ1v) is 13.9. The van der Waals surface area contributed by atoms with Crippen molar-refractivity contribution in [3.63, 3.8) is 0 Å². The normalized spacial score (nSPS) is 14.6. The molecule has 1 fully saturated rings. The molecule has 1 aromatic carbocycles. The second kappa shape index (κ2) is 12.3. The number of benzene rings is 1. The average Bonchev–Trinajstić information content (AvgIpc) is 3.61. The molecule has 0 spiro atoms. The molecule has 9 heteroatoms. The summed E-state index contributed by atoms with van der Waals surface area (Å²) in [5.41, 5.74) is -0.824. The number of nitrogens with zero attached hydrogens (tertiary/aromatic N) is 1. The van der Waals surface area contributed by atoms with Crippen molar-refractivity contribution in [1.82, 2.24) is 10.2 Å². The summed E-state index contributed by atoms with van der Waals surface area (Å²) < 4.78 is 5.95. The molecular formula is C28H30N2O5S2. The first kappa shape index (κ1) is 26.8. The quantitative estimate of drug-likeness (QED) is 0.261. The molecule has 0 radical (unpaired) electrons. The van der Waals surface area contributed by atoms with E-state index in [2.05, 4.69) is 5.32 Å². The molecule has 1 aliphatic carbocycles. The van der Waals surface area contributed by atoms with E-state index in [0.29, 0.717) is 34.0 Å². The van der Waals surface area contributed by atoms with Crippen LogP contribution in [-0.2, 0) is 15.1 Å². The number of hydrogen-bond acceptors (Lipinski definition) is 8. The number of thiophene rings is 2. The molecule has 37 heavy (non-hydrogen) atoms. The molecule has 2 N–H and O–H groups in total. The minimum atomic E-state index is -1.84. The Hall–Kier alpha value is -3.27. The van der Waals surface area contributed by atoms with Crippen molar-refractivity contribution >= 4 is 40.8 Å². The first-order chi connectivity index (χ1) is 17.9. The minimum absolute atomic E-state index is 0.207. The smallest absolute Gasteiger partial charge is 0.350 e. The fraction of sp³-hybridized carbons (Fsp3) is 0.321. The van der Waals surface area contributed by atoms with Crippen LogP contribution in [0.15, 0.2) is 71.6 Å². The van der Waals surface area contributed by atoms with Gasteiger partial charge in [0.15, 0.2) is 0 Å². The Bertz CT molecular complexity index is 1170. The average molecular weight is 539 g/mol. The summed E-state index contributed by atoms with van der Waals surface area (Å²) >= 11 is 2.64. The Morgan fingerprint density at radius 2 is 1.78 bits per heavy atom. The van der Waals surface area contributed by atoms with E-state index in [0.717, 1.165) is 25.5 Å². The maximum absolute atomic E-state index is 13.4. The van der Waals surface area contributed by atoms with Crippen molar-refractivity contribution < 1.29 is 24.2 Å². The van der Waals surface area contributed by atoms with Crippen molar-refractivity contribution in [3.05, 3.63) is 92.4 Å². The van der Waals surface area contributed by atoms with Gasteiger partial charge >= 0.3 is 5.97 Å². The third-order valence-electron chi connectivity index (χ3n) is 6.50. The largest absolute Gasteiger partial charge is 0.455 e. The standard InChI is InChI=1S/C28H30N2O5S2/c1-30(16-14-29-26(32)22-11-9-20(19-31)10-12-22)15-13-23(21-5-2-6-21)35-27(33)28(34,24-7-3-17-36-24)25-8-4-18-37-25/h3-4,7-13,15,17-19,21,23,34H,2,5-6,14,16H2,1H3,(H,29,32)/b15-13+. The number of rotatable bonds is 12. The Morgan fingerprint density at radius 3 is 2.30 bits per heavy atom. The number of likely N-dealkylation sites (N-methyl/N-ethyl adjacent to an activating group) is 1. The van der Waals surface area contributed by atoms with Gasteiger partial charge in [-0.05, 0) is 66.1 Å². The van der Waals surface area contributed by atoms with Crippen molar-refractivity contribution in [1.29, 1.82) is 0 Å². The molecule has 1 saturated carbocycles. The molecule has 1 amide bonds. The molecule has 1 unspecified atom stereocenters. The van der Waals surface area contributed by atoms with Gasteiger partial charge in [-0.15, -0.1) is 22.7 Å². The van der Waals surface area contributed by atoms with Crippen LogP contribution in [0.25, 0.3) is 0 Å². The number of esters is 1. The molecule has 0 bridgehead atoms. The predicted octanol–water partition coefficient (Wildman–Crippen LogP) is 4.45. The summed E-state index contributed by atoms with van der Waals surface area (Å²) in [6.07, 6.45) is 7.01. The Morgan fingerprint density at radius 1 is 1.14 bits per heavy atom. The van der Waals surface area contributed by atoms with E-state index in [1.54, 1.807) is 36.4 Å². The van der Waals surface area contributed by atoms with Gasteiger partial charge in [-0.3, -0.25) is 9.59 Å². The lowest BCUT2D eigenvalue weighted by Crippen LogP contribution is -2.41. The highest BCUT2D eigenvalue weighted by Crippen LogP contribution is 2.39. The zero-order valence-corrected chi connectivity index (χ0v) is 22.2. The fourth-order valence-corrected chi connectivity index (χ4v) is 5.74. The summed E-state index contributed by atoms with van der Waals surface area (Å²) in [6, 6.07) is 13.6. The lowest BCUT2D eigenvalue weighted by molar-refractivity contribution is -0.168. The van der Waals surface area contributed by atoms with Gasteiger partial charge in [0.1, 0.15) is 12.4 Å². The number of nitrogens with one attached hydrogen (secondary N) is 1. The van der Waals surface area contributed by atoms with Gasteiger partial charge in [0.25, 0.3) is 5.91 Å². The summed E-state index contributed by atoms with van der Waals surface area (Å²) in [6.45, 7) is 0.966. The van der Waals surface area contributed by atoms with Crippen LogP contribution in [0.1, 0.15) is 49.7 Å². The fourth-order valence-electron chi connectivity index (χ4n) is 4.03. The maximum atomic E-state index is 13.4. The number of hydrogen-bond donors (Lipinski definition) is 2. The van der Waals surface area contributed by atoms with Gasteiger partial charge in [0.2, 0.25) is 5.60 Å². The summed E-state index contributed by atoms with van der Waals surface area (Å²) in [5.74, 6) is -0.675. The summed E-state index contributed by atoms with van der Waals surface area (Å²) in [5, 5.41) is 18.1. The van der Waals surface area contributed by atoms with E-state index in [9.17, 15) is 19.5 Å². The maximum Gasteiger partial charge on any atom is 0.350 e. The highest BCUT2D eigenvalue weighted by Gasteiger charge is 2.45. The Labute approximate surface area is 224 Å². The van der Waals surface area contributed by atoms with Crippen LogP contribution in [0.3, 0.4) is 0 Å². The SMILES string of the molecule is CN(/C=C/C(OC(=O)C(O)(c1cccs1)c1cccs1)C1CCC1)CCNC(=O)c1ccc(C=O)cc1. The molecule has 3 aromatic rings. The second-order valence-electron chi connectivity index (χ2n) is 9.04. The second-order valence-corrected chi connectivity index (χ2v) is 10.9. The summed E-state index contributed by atoms with van der Waals surface area (Å²) in [4.78, 5) is 39.5. The molecule has 0 saturated heterocycles. The molecule has 1 atom stereocenters. The highest BCUT2D eigenvalue weighted by atomic mass is 32.1. The number of ether oxygens (including phenoxy) is 1. The van der Waals surface area contributed by atoms with E-state index in [1.165, 1.54) is 22.7 Å². The highest BCUT2D eigenvalue weighted by molar-refractivity contribution is 7.12. The van der Waals surface area contributed by atoms with Crippen LogP contribution in [0, 0.1) is 5.92 Å². The zero-order valence-electron chi connectivity index (χ0n) is 20.5. The number of amides is 1. The number of carbonyl (C=O) groups excluding carboxylic acids is 3. The van der Waals surface area contributed by atoms with Crippen molar-refractivity contribution in [2.24, 2.45) is 5.92 Å². The van der Waals surface area contributed by atoms with Crippen LogP contribution in [0.4, 0.5) is 0 Å². The van der Waals surface area contributed by atoms with E-state index in [4.69, 9.17) is 4.74 Å². The molecule has 1 aliphatic rings. The molecular weight excluding hydrogens is 508 g/mol. The topological polar surface area (TPSA) is 95.9 Å². The lowest BCUT2D eigenvalue weighted by atomic mass is 9.81. The van der Waals surface area contributed by atoms with E-state index < -0.39 is 17.7 Å². The zero-order chi connectivity index (χ0) is 26.3. The number of aliphatic hydroxyl groups is 1. The van der Waals surface area contributed by atoms with Crippen molar-refractivity contribution in [2.45, 2.75) is 31.0 Å². The third kappa shape index (κ3) is 6.36.